The van der Waals surface area contributed by atoms with E-state index in [1.807, 2.05) is 0 Å². The normalized spacial score (nSPS) is 15.8. The molecule has 0 atom stereocenters. The number of hydrogen-bond acceptors (Lipinski definition) is 12. The monoisotopic (exact) mass is 530 g/mol. The Kier molecular flexibility index (Phi) is 14.5. The van der Waals surface area contributed by atoms with Crippen LogP contribution in [0.15, 0.2) is 0 Å². The Balaban J connectivity index is 1.27. The molecular formula is C23H34N2O12. The van der Waals surface area contributed by atoms with E-state index in [1.54, 1.807) is 0 Å². The van der Waals surface area contributed by atoms with Crippen LogP contribution in [-0.2, 0) is 57.3 Å². The molecular weight excluding hydrogens is 496 g/mol. The smallest absolute Gasteiger partial charge is 0.335 e. The highest BCUT2D eigenvalue weighted by atomic mass is 16.7. The van der Waals surface area contributed by atoms with Gasteiger partial charge in [-0.1, -0.05) is 0 Å². The Morgan fingerprint density at radius 1 is 0.541 bits per heavy atom. The van der Waals surface area contributed by atoms with E-state index < -0.39 is 17.8 Å². The first-order valence-corrected chi connectivity index (χ1v) is 12.2. The fourth-order valence-corrected chi connectivity index (χ4v) is 3.18. The second-order valence-electron chi connectivity index (χ2n) is 8.02. The average molecular weight is 531 g/mol. The predicted octanol–water partition coefficient (Wildman–Crippen LogP) is -0.825. The molecule has 0 spiro atoms. The Bertz CT molecular complexity index is 707. The molecule has 37 heavy (non-hydrogen) atoms. The lowest BCUT2D eigenvalue weighted by molar-refractivity contribution is -0.198. The molecule has 4 amide bonds. The van der Waals surface area contributed by atoms with Gasteiger partial charge in [-0.15, -0.1) is 5.06 Å². The summed E-state index contributed by atoms with van der Waals surface area (Å²) in [7, 11) is 0. The first-order valence-electron chi connectivity index (χ1n) is 12.2. The number of hydrogen-bond donors (Lipinski definition) is 0. The van der Waals surface area contributed by atoms with Gasteiger partial charge in [0, 0.05) is 32.1 Å². The minimum absolute atomic E-state index is 0.0488. The number of nitrogens with zero attached hydrogens (tertiary/aromatic N) is 2. The first kappa shape index (κ1) is 30.4. The van der Waals surface area contributed by atoms with Crippen molar-refractivity contribution in [2.75, 3.05) is 72.6 Å². The molecule has 0 aromatic rings. The van der Waals surface area contributed by atoms with Crippen molar-refractivity contribution in [3.63, 3.8) is 0 Å². The number of ketones is 1. The molecule has 0 bridgehead atoms. The van der Waals surface area contributed by atoms with Gasteiger partial charge in [0.05, 0.1) is 79.0 Å². The van der Waals surface area contributed by atoms with Crippen molar-refractivity contribution >= 4 is 35.4 Å². The number of Topliss-reactive ketones (excluding diaryl/α,β-unsaturated/α-hetero) is 1. The third kappa shape index (κ3) is 12.3. The summed E-state index contributed by atoms with van der Waals surface area (Å²) in [6.07, 6.45) is 0.473. The molecule has 2 heterocycles. The van der Waals surface area contributed by atoms with E-state index in [9.17, 15) is 28.8 Å². The maximum Gasteiger partial charge on any atom is 0.335 e. The first-order chi connectivity index (χ1) is 17.9. The van der Waals surface area contributed by atoms with Crippen LogP contribution in [0.5, 0.6) is 0 Å². The summed E-state index contributed by atoms with van der Waals surface area (Å²) < 4.78 is 26.6. The third-order valence-corrected chi connectivity index (χ3v) is 5.15. The van der Waals surface area contributed by atoms with E-state index in [4.69, 9.17) is 28.5 Å². The van der Waals surface area contributed by atoms with Crippen LogP contribution in [0.1, 0.15) is 38.5 Å². The van der Waals surface area contributed by atoms with E-state index in [0.717, 1.165) is 4.90 Å². The Labute approximate surface area is 214 Å². The Morgan fingerprint density at radius 3 is 1.38 bits per heavy atom. The van der Waals surface area contributed by atoms with Crippen LogP contribution in [0.25, 0.3) is 0 Å². The van der Waals surface area contributed by atoms with Crippen LogP contribution < -0.4 is 0 Å². The van der Waals surface area contributed by atoms with Gasteiger partial charge in [0.1, 0.15) is 0 Å². The van der Waals surface area contributed by atoms with Crippen molar-refractivity contribution in [1.82, 2.24) is 9.96 Å². The molecule has 0 aromatic heterocycles. The Morgan fingerprint density at radius 2 is 0.919 bits per heavy atom. The maximum absolute atomic E-state index is 11.8. The number of carbonyl (C=O) groups excluding carboxylic acids is 6. The second-order valence-corrected chi connectivity index (χ2v) is 8.02. The molecule has 2 fully saturated rings. The lowest BCUT2D eigenvalue weighted by atomic mass is 10.3. The third-order valence-electron chi connectivity index (χ3n) is 5.15. The summed E-state index contributed by atoms with van der Waals surface area (Å²) in [5.41, 5.74) is 0. The molecule has 0 unspecified atom stereocenters. The van der Waals surface area contributed by atoms with E-state index in [2.05, 4.69) is 0 Å². The van der Waals surface area contributed by atoms with Crippen molar-refractivity contribution in [2.24, 2.45) is 0 Å². The van der Waals surface area contributed by atoms with Crippen LogP contribution in [-0.4, -0.2) is 118 Å². The molecule has 2 rings (SSSR count). The number of amides is 4. The number of ether oxygens (including phenoxy) is 5. The zero-order valence-electron chi connectivity index (χ0n) is 20.8. The molecule has 14 nitrogen and oxygen atoms in total. The van der Waals surface area contributed by atoms with Gasteiger partial charge in [-0.3, -0.25) is 28.9 Å². The Hall–Kier alpha value is -2.78. The molecule has 2 aliphatic rings. The lowest BCUT2D eigenvalue weighted by Gasteiger charge is -2.12. The van der Waals surface area contributed by atoms with Crippen LogP contribution >= 0.6 is 0 Å². The van der Waals surface area contributed by atoms with Gasteiger partial charge in [-0.05, 0) is 0 Å². The minimum Gasteiger partial charge on any atom is -0.379 e. The van der Waals surface area contributed by atoms with E-state index in [1.165, 1.54) is 0 Å². The summed E-state index contributed by atoms with van der Waals surface area (Å²) in [6.45, 7) is 2.78. The number of carbonyl (C=O) groups is 6. The quantitative estimate of drug-likeness (QED) is 0.134. The SMILES string of the molecule is O=C(CCOCCOCCOCCOCCOCCC(=O)ON1C(=O)CCC1=O)CN1C(=O)CCC1=O. The van der Waals surface area contributed by atoms with Crippen LogP contribution in [0.4, 0.5) is 0 Å². The van der Waals surface area contributed by atoms with Crippen molar-refractivity contribution in [3.8, 4) is 0 Å². The molecule has 208 valence electrons. The maximum atomic E-state index is 11.8. The predicted molar refractivity (Wildman–Crippen MR) is 121 cm³/mol. The van der Waals surface area contributed by atoms with Crippen LogP contribution in [0.3, 0.4) is 0 Å². The molecule has 0 saturated carbocycles. The van der Waals surface area contributed by atoms with Gasteiger partial charge in [-0.25, -0.2) is 4.79 Å². The summed E-state index contributed by atoms with van der Waals surface area (Å²) >= 11 is 0. The minimum atomic E-state index is -0.716. The summed E-state index contributed by atoms with van der Waals surface area (Å²) in [4.78, 5) is 74.7. The van der Waals surface area contributed by atoms with E-state index in [0.29, 0.717) is 51.3 Å². The van der Waals surface area contributed by atoms with E-state index in [-0.39, 0.29) is 82.5 Å². The van der Waals surface area contributed by atoms with Gasteiger partial charge < -0.3 is 28.5 Å². The highest BCUT2D eigenvalue weighted by Crippen LogP contribution is 2.13. The molecule has 2 aliphatic heterocycles. The van der Waals surface area contributed by atoms with Gasteiger partial charge in [0.25, 0.3) is 11.8 Å². The fourth-order valence-electron chi connectivity index (χ4n) is 3.18. The molecule has 14 heteroatoms. The molecule has 0 radical (unpaired) electrons. The van der Waals surface area contributed by atoms with Crippen molar-refractivity contribution < 1.29 is 57.3 Å². The van der Waals surface area contributed by atoms with Crippen LogP contribution in [0, 0.1) is 0 Å². The topological polar surface area (TPSA) is 164 Å². The molecule has 0 aromatic carbocycles. The number of imide groups is 2. The van der Waals surface area contributed by atoms with Gasteiger partial charge in [0.2, 0.25) is 11.8 Å². The summed E-state index contributed by atoms with van der Waals surface area (Å²) in [6, 6.07) is 0. The number of hydroxylamine groups is 2. The molecule has 0 N–H and O–H groups in total. The average Bonchev–Trinajstić information content (AvgIpc) is 3.36. The second kappa shape index (κ2) is 17.6. The van der Waals surface area contributed by atoms with Crippen molar-refractivity contribution in [3.05, 3.63) is 0 Å². The number of rotatable bonds is 21. The van der Waals surface area contributed by atoms with Crippen LogP contribution in [0.2, 0.25) is 0 Å². The zero-order valence-corrected chi connectivity index (χ0v) is 20.8. The molecule has 0 aliphatic carbocycles. The van der Waals surface area contributed by atoms with Gasteiger partial charge in [-0.2, -0.15) is 0 Å². The van der Waals surface area contributed by atoms with E-state index >= 15 is 0 Å². The highest BCUT2D eigenvalue weighted by molar-refractivity contribution is 6.04. The standard InChI is InChI=1S/C23H34N2O12/c26-18(17-24-19(27)1-2-20(24)28)5-7-32-9-11-34-13-15-36-16-14-35-12-10-33-8-6-23(31)37-25-21(29)3-4-22(25)30/h1-17H2. The molecule has 2 saturated heterocycles. The summed E-state index contributed by atoms with van der Waals surface area (Å²) in [5.74, 6) is -2.59. The zero-order chi connectivity index (χ0) is 26.9. The van der Waals surface area contributed by atoms with Gasteiger partial charge in [0.15, 0.2) is 5.78 Å². The fraction of sp³-hybridized carbons (Fsp3) is 0.739. The highest BCUT2D eigenvalue weighted by Gasteiger charge is 2.32. The van der Waals surface area contributed by atoms with Gasteiger partial charge >= 0.3 is 5.97 Å². The van der Waals surface area contributed by atoms with Crippen molar-refractivity contribution in [2.45, 2.75) is 38.5 Å². The largest absolute Gasteiger partial charge is 0.379 e. The number of likely N-dealkylation sites (tertiary alicyclic amines) is 1. The lowest BCUT2D eigenvalue weighted by Crippen LogP contribution is -2.34. The van der Waals surface area contributed by atoms with Crippen molar-refractivity contribution in [1.29, 1.82) is 0 Å². The summed E-state index contributed by atoms with van der Waals surface area (Å²) in [5, 5.41) is 0.503.